The molecule has 0 amide bonds. The predicted molar refractivity (Wildman–Crippen MR) is 70.6 cm³/mol. The van der Waals surface area contributed by atoms with Gasteiger partial charge >= 0.3 is 7.12 Å². The highest BCUT2D eigenvalue weighted by atomic mass is 16.7. The van der Waals surface area contributed by atoms with Crippen molar-refractivity contribution in [3.8, 4) is 0 Å². The van der Waals surface area contributed by atoms with Crippen molar-refractivity contribution < 1.29 is 9.31 Å². The molecule has 1 fully saturated rings. The number of nitrogens with zero attached hydrogens (tertiary/aromatic N) is 3. The summed E-state index contributed by atoms with van der Waals surface area (Å²) in [4.78, 5) is 1.70. The quantitative estimate of drug-likeness (QED) is 0.758. The van der Waals surface area contributed by atoms with Crippen LogP contribution in [0.4, 0.5) is 0 Å². The van der Waals surface area contributed by atoms with E-state index < -0.39 is 7.12 Å². The lowest BCUT2D eigenvalue weighted by atomic mass is 9.86. The molecule has 0 saturated carbocycles. The Morgan fingerprint density at radius 1 is 1.22 bits per heavy atom. The molecule has 1 aromatic rings. The Morgan fingerprint density at radius 3 is 2.28 bits per heavy atom. The summed E-state index contributed by atoms with van der Waals surface area (Å²) in [5.74, 6) is 0.517. The minimum atomic E-state index is -0.420. The van der Waals surface area contributed by atoms with Gasteiger partial charge in [0.1, 0.15) is 5.59 Å². The first-order valence-electron chi connectivity index (χ1n) is 6.47. The first-order chi connectivity index (χ1) is 8.21. The van der Waals surface area contributed by atoms with E-state index in [-0.39, 0.29) is 11.2 Å². The number of hydrogen-bond acceptors (Lipinski definition) is 4. The Hall–Kier alpha value is -0.875. The van der Waals surface area contributed by atoms with Gasteiger partial charge < -0.3 is 9.31 Å². The summed E-state index contributed by atoms with van der Waals surface area (Å²) in [5, 5.41) is 8.66. The Kier molecular flexibility index (Phi) is 3.27. The van der Waals surface area contributed by atoms with Crippen molar-refractivity contribution in [2.45, 2.75) is 59.3 Å². The molecule has 2 heterocycles. The van der Waals surface area contributed by atoms with E-state index in [1.54, 1.807) is 11.0 Å². The van der Waals surface area contributed by atoms with Crippen molar-refractivity contribution in [1.29, 1.82) is 0 Å². The third-order valence-corrected chi connectivity index (χ3v) is 3.58. The third kappa shape index (κ3) is 2.45. The lowest BCUT2D eigenvalue weighted by molar-refractivity contribution is 0.00578. The molecule has 0 radical (unpaired) electrons. The van der Waals surface area contributed by atoms with E-state index in [2.05, 4.69) is 24.0 Å². The highest BCUT2D eigenvalue weighted by Crippen LogP contribution is 2.36. The molecular formula is C12H22BN3O2. The Bertz CT molecular complexity index is 413. The lowest BCUT2D eigenvalue weighted by Gasteiger charge is -2.32. The van der Waals surface area contributed by atoms with Crippen molar-refractivity contribution >= 4 is 12.7 Å². The fourth-order valence-corrected chi connectivity index (χ4v) is 1.80. The van der Waals surface area contributed by atoms with E-state index in [1.165, 1.54) is 0 Å². The van der Waals surface area contributed by atoms with E-state index in [0.29, 0.717) is 5.92 Å². The average Bonchev–Trinajstić information content (AvgIpc) is 2.70. The van der Waals surface area contributed by atoms with Crippen LogP contribution < -0.4 is 5.59 Å². The van der Waals surface area contributed by atoms with Gasteiger partial charge in [-0.3, -0.25) is 0 Å². The molecule has 1 saturated heterocycles. The lowest BCUT2D eigenvalue weighted by Crippen LogP contribution is -2.41. The van der Waals surface area contributed by atoms with Gasteiger partial charge in [-0.25, -0.2) is 0 Å². The number of hydrogen-bond donors (Lipinski definition) is 0. The highest BCUT2D eigenvalue weighted by molar-refractivity contribution is 6.61. The molecule has 0 atom stereocenters. The second-order valence-electron chi connectivity index (χ2n) is 6.31. The Labute approximate surface area is 109 Å². The fraction of sp³-hybridized carbons (Fsp3) is 0.833. The zero-order valence-electron chi connectivity index (χ0n) is 12.1. The van der Waals surface area contributed by atoms with Gasteiger partial charge in [-0.05, 0) is 33.6 Å². The molecule has 2 rings (SSSR count). The van der Waals surface area contributed by atoms with E-state index in [0.717, 1.165) is 12.1 Å². The van der Waals surface area contributed by atoms with Gasteiger partial charge in [0.05, 0.1) is 23.9 Å². The largest absolute Gasteiger partial charge is 0.518 e. The zero-order valence-corrected chi connectivity index (χ0v) is 12.1. The van der Waals surface area contributed by atoms with E-state index in [4.69, 9.17) is 9.31 Å². The summed E-state index contributed by atoms with van der Waals surface area (Å²) in [5.41, 5.74) is 0.0771. The standard InChI is InChI=1S/C12H22BN3O2/c1-9(2)8-16-14-7-10(15-16)13-17-11(3,4)12(5,6)18-13/h7,9H,8H2,1-6H3. The van der Waals surface area contributed by atoms with Crippen LogP contribution in [0.2, 0.25) is 0 Å². The van der Waals surface area contributed by atoms with Gasteiger partial charge in [0.15, 0.2) is 0 Å². The van der Waals surface area contributed by atoms with Crippen LogP contribution in [0.25, 0.3) is 0 Å². The maximum absolute atomic E-state index is 5.93. The molecule has 100 valence electrons. The fourth-order valence-electron chi connectivity index (χ4n) is 1.80. The maximum Gasteiger partial charge on any atom is 0.518 e. The third-order valence-electron chi connectivity index (χ3n) is 3.58. The van der Waals surface area contributed by atoms with Crippen molar-refractivity contribution in [3.63, 3.8) is 0 Å². The zero-order chi connectivity index (χ0) is 13.6. The molecule has 0 spiro atoms. The van der Waals surface area contributed by atoms with Crippen molar-refractivity contribution in [1.82, 2.24) is 15.0 Å². The molecular weight excluding hydrogens is 229 g/mol. The van der Waals surface area contributed by atoms with Crippen LogP contribution in [0.5, 0.6) is 0 Å². The van der Waals surface area contributed by atoms with Crippen LogP contribution in [0.3, 0.4) is 0 Å². The minimum Gasteiger partial charge on any atom is -0.398 e. The average molecular weight is 251 g/mol. The van der Waals surface area contributed by atoms with Gasteiger partial charge in [0.25, 0.3) is 0 Å². The Morgan fingerprint density at radius 2 is 1.78 bits per heavy atom. The van der Waals surface area contributed by atoms with Gasteiger partial charge in [-0.15, -0.1) is 0 Å². The van der Waals surface area contributed by atoms with E-state index in [1.807, 2.05) is 27.7 Å². The van der Waals surface area contributed by atoms with Crippen LogP contribution in [-0.4, -0.2) is 33.3 Å². The first kappa shape index (κ1) is 13.6. The number of aromatic nitrogens is 3. The molecule has 0 aliphatic carbocycles. The number of rotatable bonds is 3. The first-order valence-corrected chi connectivity index (χ1v) is 6.47. The SMILES string of the molecule is CC(C)Cn1ncc(B2OC(C)(C)C(C)(C)O2)n1. The molecule has 0 aromatic carbocycles. The maximum atomic E-state index is 5.93. The molecule has 1 aliphatic rings. The summed E-state index contributed by atoms with van der Waals surface area (Å²) in [6.45, 7) is 13.2. The molecule has 6 heteroatoms. The Balaban J connectivity index is 2.12. The van der Waals surface area contributed by atoms with Crippen molar-refractivity contribution in [3.05, 3.63) is 6.20 Å². The molecule has 1 aliphatic heterocycles. The summed E-state index contributed by atoms with van der Waals surface area (Å²) >= 11 is 0. The molecule has 1 aromatic heterocycles. The molecule has 18 heavy (non-hydrogen) atoms. The summed E-state index contributed by atoms with van der Waals surface area (Å²) in [6, 6.07) is 0. The van der Waals surface area contributed by atoms with Crippen LogP contribution in [0.15, 0.2) is 6.20 Å². The molecule has 0 bridgehead atoms. The normalized spacial score (nSPS) is 21.8. The summed E-state index contributed by atoms with van der Waals surface area (Å²) in [7, 11) is -0.420. The van der Waals surface area contributed by atoms with E-state index in [9.17, 15) is 0 Å². The topological polar surface area (TPSA) is 49.2 Å². The summed E-state index contributed by atoms with van der Waals surface area (Å²) < 4.78 is 11.9. The predicted octanol–water partition coefficient (Wildman–Crippen LogP) is 1.23. The van der Waals surface area contributed by atoms with Crippen LogP contribution in [0, 0.1) is 5.92 Å². The van der Waals surface area contributed by atoms with Crippen molar-refractivity contribution in [2.24, 2.45) is 5.92 Å². The molecule has 0 unspecified atom stereocenters. The molecule has 5 nitrogen and oxygen atoms in total. The molecule has 0 N–H and O–H groups in total. The van der Waals surface area contributed by atoms with Gasteiger partial charge in [0, 0.05) is 0 Å². The van der Waals surface area contributed by atoms with Crippen LogP contribution in [-0.2, 0) is 15.9 Å². The monoisotopic (exact) mass is 251 g/mol. The van der Waals surface area contributed by atoms with Gasteiger partial charge in [0.2, 0.25) is 0 Å². The van der Waals surface area contributed by atoms with Crippen LogP contribution in [0.1, 0.15) is 41.5 Å². The van der Waals surface area contributed by atoms with Crippen LogP contribution >= 0.6 is 0 Å². The summed E-state index contributed by atoms with van der Waals surface area (Å²) in [6.07, 6.45) is 1.73. The van der Waals surface area contributed by atoms with Gasteiger partial charge in [-0.2, -0.15) is 15.0 Å². The highest BCUT2D eigenvalue weighted by Gasteiger charge is 2.52. The van der Waals surface area contributed by atoms with Crippen molar-refractivity contribution in [2.75, 3.05) is 0 Å². The minimum absolute atomic E-state index is 0.334. The second-order valence-corrected chi connectivity index (χ2v) is 6.31. The second kappa shape index (κ2) is 4.35. The van der Waals surface area contributed by atoms with E-state index >= 15 is 0 Å². The smallest absolute Gasteiger partial charge is 0.398 e. The van der Waals surface area contributed by atoms with Gasteiger partial charge in [-0.1, -0.05) is 13.8 Å².